The average molecular weight is 253 g/mol. The van der Waals surface area contributed by atoms with E-state index in [2.05, 4.69) is 24.8 Å². The van der Waals surface area contributed by atoms with E-state index in [9.17, 15) is 4.79 Å². The fraction of sp³-hybridized carbons (Fsp3) is 0.615. The van der Waals surface area contributed by atoms with Crippen molar-refractivity contribution in [2.24, 2.45) is 0 Å². The molecule has 0 aliphatic heterocycles. The molecule has 1 aromatic heterocycles. The Morgan fingerprint density at radius 3 is 2.94 bits per heavy atom. The van der Waals surface area contributed by atoms with Gasteiger partial charge in [-0.15, -0.1) is 11.3 Å². The Kier molecular flexibility index (Phi) is 4.18. The van der Waals surface area contributed by atoms with Crippen molar-refractivity contribution in [1.29, 1.82) is 0 Å². The van der Waals surface area contributed by atoms with Gasteiger partial charge in [-0.1, -0.05) is 0 Å². The molecule has 0 radical (unpaired) electrons. The molecular weight excluding hydrogens is 232 g/mol. The Labute approximate surface area is 107 Å². The largest absolute Gasteiger partial charge is 0.346 e. The lowest BCUT2D eigenvalue weighted by Gasteiger charge is -2.13. The highest BCUT2D eigenvalue weighted by atomic mass is 32.1. The van der Waals surface area contributed by atoms with Gasteiger partial charge in [-0.05, 0) is 42.2 Å². The van der Waals surface area contributed by atoms with Gasteiger partial charge >= 0.3 is 0 Å². The van der Waals surface area contributed by atoms with Crippen LogP contribution < -0.4 is 10.2 Å². The second kappa shape index (κ2) is 5.65. The molecule has 2 N–H and O–H groups in total. The van der Waals surface area contributed by atoms with E-state index in [0.29, 0.717) is 0 Å². The van der Waals surface area contributed by atoms with Crippen LogP contribution in [0.25, 0.3) is 0 Å². The van der Waals surface area contributed by atoms with Crippen LogP contribution >= 0.6 is 11.3 Å². The van der Waals surface area contributed by atoms with E-state index in [0.717, 1.165) is 30.8 Å². The molecule has 1 aliphatic rings. The molecule has 94 valence electrons. The molecule has 1 amide bonds. The third-order valence-corrected chi connectivity index (χ3v) is 4.29. The number of fused-ring (bicyclic) bond motifs is 1. The van der Waals surface area contributed by atoms with Crippen LogP contribution in [0.1, 0.15) is 33.6 Å². The summed E-state index contributed by atoms with van der Waals surface area (Å²) in [5.74, 6) is 0.124. The summed E-state index contributed by atoms with van der Waals surface area (Å²) >= 11 is 1.61. The number of amides is 1. The maximum Gasteiger partial charge on any atom is 0.261 e. The SMILES string of the molecule is C[NH+](C)CCNC(=O)c1scc2c1CCCC2. The number of rotatable bonds is 4. The van der Waals surface area contributed by atoms with Gasteiger partial charge in [0.05, 0.1) is 32.1 Å². The Bertz CT molecular complexity index is 398. The summed E-state index contributed by atoms with van der Waals surface area (Å²) in [6.07, 6.45) is 4.74. The number of carbonyl (C=O) groups excluding carboxylic acids is 1. The number of likely N-dealkylation sites (N-methyl/N-ethyl adjacent to an activating group) is 1. The first-order chi connectivity index (χ1) is 8.18. The van der Waals surface area contributed by atoms with Crippen molar-refractivity contribution in [1.82, 2.24) is 5.32 Å². The summed E-state index contributed by atoms with van der Waals surface area (Å²) in [4.78, 5) is 14.4. The van der Waals surface area contributed by atoms with E-state index >= 15 is 0 Å². The van der Waals surface area contributed by atoms with Crippen LogP contribution in [0, 0.1) is 0 Å². The monoisotopic (exact) mass is 253 g/mol. The molecule has 1 heterocycles. The van der Waals surface area contributed by atoms with Crippen LogP contribution in [-0.4, -0.2) is 33.1 Å². The maximum atomic E-state index is 12.0. The quantitative estimate of drug-likeness (QED) is 0.805. The zero-order valence-corrected chi connectivity index (χ0v) is 11.5. The zero-order valence-electron chi connectivity index (χ0n) is 10.6. The van der Waals surface area contributed by atoms with Gasteiger partial charge in [0, 0.05) is 0 Å². The van der Waals surface area contributed by atoms with Gasteiger partial charge in [-0.3, -0.25) is 4.79 Å². The molecule has 17 heavy (non-hydrogen) atoms. The summed E-state index contributed by atoms with van der Waals surface area (Å²) < 4.78 is 0. The standard InChI is InChI=1S/C13H20N2OS/c1-15(2)8-7-14-13(16)12-11-6-4-3-5-10(11)9-17-12/h9H,3-8H2,1-2H3,(H,14,16)/p+1. The summed E-state index contributed by atoms with van der Waals surface area (Å²) in [7, 11) is 4.19. The highest BCUT2D eigenvalue weighted by Gasteiger charge is 2.19. The second-order valence-electron chi connectivity index (χ2n) is 4.99. The smallest absolute Gasteiger partial charge is 0.261 e. The van der Waals surface area contributed by atoms with E-state index < -0.39 is 0 Å². The number of hydrogen-bond donors (Lipinski definition) is 2. The fourth-order valence-electron chi connectivity index (χ4n) is 2.22. The second-order valence-corrected chi connectivity index (χ2v) is 5.87. The van der Waals surface area contributed by atoms with Gasteiger partial charge in [0.2, 0.25) is 0 Å². The number of nitrogens with one attached hydrogen (secondary N) is 2. The van der Waals surface area contributed by atoms with Gasteiger partial charge in [0.15, 0.2) is 0 Å². The molecule has 0 saturated carbocycles. The Hall–Kier alpha value is -0.870. The number of aryl methyl sites for hydroxylation is 1. The maximum absolute atomic E-state index is 12.0. The molecule has 1 aromatic rings. The van der Waals surface area contributed by atoms with E-state index in [4.69, 9.17) is 0 Å². The van der Waals surface area contributed by atoms with Crippen LogP contribution in [0.3, 0.4) is 0 Å². The van der Waals surface area contributed by atoms with Crippen molar-refractivity contribution in [3.8, 4) is 0 Å². The van der Waals surface area contributed by atoms with Crippen molar-refractivity contribution in [2.45, 2.75) is 25.7 Å². The third-order valence-electron chi connectivity index (χ3n) is 3.22. The van der Waals surface area contributed by atoms with Crippen molar-refractivity contribution in [3.05, 3.63) is 21.4 Å². The highest BCUT2D eigenvalue weighted by molar-refractivity contribution is 7.12. The number of quaternary nitrogens is 1. The van der Waals surface area contributed by atoms with Gasteiger partial charge < -0.3 is 10.2 Å². The zero-order chi connectivity index (χ0) is 12.3. The predicted molar refractivity (Wildman–Crippen MR) is 71.0 cm³/mol. The molecule has 0 fully saturated rings. The highest BCUT2D eigenvalue weighted by Crippen LogP contribution is 2.29. The van der Waals surface area contributed by atoms with Gasteiger partial charge in [0.25, 0.3) is 5.91 Å². The number of hydrogen-bond acceptors (Lipinski definition) is 2. The van der Waals surface area contributed by atoms with Gasteiger partial charge in [-0.25, -0.2) is 0 Å². The minimum atomic E-state index is 0.124. The Morgan fingerprint density at radius 1 is 1.41 bits per heavy atom. The molecule has 0 aromatic carbocycles. The van der Waals surface area contributed by atoms with E-state index in [-0.39, 0.29) is 5.91 Å². The van der Waals surface area contributed by atoms with Gasteiger partial charge in [0.1, 0.15) is 0 Å². The van der Waals surface area contributed by atoms with Crippen molar-refractivity contribution >= 4 is 17.2 Å². The molecule has 0 atom stereocenters. The molecule has 0 bridgehead atoms. The molecule has 0 spiro atoms. The van der Waals surface area contributed by atoms with Crippen LogP contribution in [-0.2, 0) is 12.8 Å². The Balaban J connectivity index is 1.97. The van der Waals surface area contributed by atoms with E-state index in [1.54, 1.807) is 11.3 Å². The molecule has 2 rings (SSSR count). The topological polar surface area (TPSA) is 33.5 Å². The first-order valence-corrected chi connectivity index (χ1v) is 7.23. The van der Waals surface area contributed by atoms with Crippen LogP contribution in [0.5, 0.6) is 0 Å². The van der Waals surface area contributed by atoms with E-state index in [1.165, 1.54) is 28.9 Å². The summed E-state index contributed by atoms with van der Waals surface area (Å²) in [5.41, 5.74) is 2.72. The molecule has 1 aliphatic carbocycles. The fourth-order valence-corrected chi connectivity index (χ4v) is 3.29. The summed E-state index contributed by atoms with van der Waals surface area (Å²) in [5, 5.41) is 5.18. The number of thiophene rings is 1. The normalized spacial score (nSPS) is 14.8. The average Bonchev–Trinajstić information content (AvgIpc) is 2.72. The summed E-state index contributed by atoms with van der Waals surface area (Å²) in [6, 6.07) is 0. The molecule has 3 nitrogen and oxygen atoms in total. The van der Waals surface area contributed by atoms with Crippen LogP contribution in [0.4, 0.5) is 0 Å². The molecule has 0 unspecified atom stereocenters. The lowest BCUT2D eigenvalue weighted by Crippen LogP contribution is -3.06. The lowest BCUT2D eigenvalue weighted by atomic mass is 9.94. The first-order valence-electron chi connectivity index (χ1n) is 6.35. The number of carbonyl (C=O) groups is 1. The minimum Gasteiger partial charge on any atom is -0.346 e. The third kappa shape index (κ3) is 3.07. The van der Waals surface area contributed by atoms with Crippen molar-refractivity contribution < 1.29 is 9.69 Å². The van der Waals surface area contributed by atoms with Crippen molar-refractivity contribution in [3.63, 3.8) is 0 Å². The van der Waals surface area contributed by atoms with Gasteiger partial charge in [-0.2, -0.15) is 0 Å². The lowest BCUT2D eigenvalue weighted by molar-refractivity contribution is -0.856. The van der Waals surface area contributed by atoms with Crippen molar-refractivity contribution in [2.75, 3.05) is 27.2 Å². The molecule has 4 heteroatoms. The van der Waals surface area contributed by atoms with Crippen LogP contribution in [0.15, 0.2) is 5.38 Å². The first kappa shape index (κ1) is 12.6. The van der Waals surface area contributed by atoms with Crippen LogP contribution in [0.2, 0.25) is 0 Å². The minimum absolute atomic E-state index is 0.124. The Morgan fingerprint density at radius 2 is 2.18 bits per heavy atom. The predicted octanol–water partition coefficient (Wildman–Crippen LogP) is 0.501. The van der Waals surface area contributed by atoms with E-state index in [1.807, 2.05) is 0 Å². The summed E-state index contributed by atoms with van der Waals surface area (Å²) in [6.45, 7) is 1.73. The molecular formula is C13H21N2OS+. The molecule has 0 saturated heterocycles.